The molecule has 0 aromatic heterocycles. The van der Waals surface area contributed by atoms with Gasteiger partial charge in [0.15, 0.2) is 6.04 Å². The second-order valence-electron chi connectivity index (χ2n) is 7.13. The first-order valence-electron chi connectivity index (χ1n) is 9.44. The Bertz CT molecular complexity index is 572. The maximum atomic E-state index is 12.4. The van der Waals surface area contributed by atoms with Crippen molar-refractivity contribution in [3.63, 3.8) is 0 Å². The van der Waals surface area contributed by atoms with Crippen LogP contribution in [0.1, 0.15) is 57.4 Å². The molecule has 6 nitrogen and oxygen atoms in total. The molecule has 0 bridgehead atoms. The number of hydrazine groups is 1. The van der Waals surface area contributed by atoms with Gasteiger partial charge in [-0.3, -0.25) is 9.80 Å². The smallest absolute Gasteiger partial charge is 0.330 e. The first-order chi connectivity index (χ1) is 12.5. The third-order valence-corrected chi connectivity index (χ3v) is 5.13. The van der Waals surface area contributed by atoms with E-state index in [1.54, 1.807) is 6.92 Å². The molecule has 144 valence electrons. The summed E-state index contributed by atoms with van der Waals surface area (Å²) in [5, 5.41) is 10.4. The van der Waals surface area contributed by atoms with E-state index in [2.05, 4.69) is 0 Å². The highest BCUT2D eigenvalue weighted by Crippen LogP contribution is 2.27. The van der Waals surface area contributed by atoms with Crippen molar-refractivity contribution in [2.45, 2.75) is 70.6 Å². The van der Waals surface area contributed by atoms with E-state index in [9.17, 15) is 14.7 Å². The Morgan fingerprint density at radius 2 is 1.88 bits per heavy atom. The molecule has 1 aliphatic carbocycles. The minimum atomic E-state index is -1.20. The van der Waals surface area contributed by atoms with Crippen LogP contribution in [0.15, 0.2) is 30.3 Å². The lowest BCUT2D eigenvalue weighted by molar-refractivity contribution is -0.157. The number of carbonyl (C=O) groups excluding carboxylic acids is 1. The number of carbonyl (C=O) groups is 2. The van der Waals surface area contributed by atoms with Crippen molar-refractivity contribution in [1.29, 1.82) is 0 Å². The highest BCUT2D eigenvalue weighted by Gasteiger charge is 2.33. The van der Waals surface area contributed by atoms with Gasteiger partial charge >= 0.3 is 5.97 Å². The predicted molar refractivity (Wildman–Crippen MR) is 99.0 cm³/mol. The van der Waals surface area contributed by atoms with E-state index in [-0.39, 0.29) is 18.9 Å². The summed E-state index contributed by atoms with van der Waals surface area (Å²) >= 11 is 0. The molecule has 1 unspecified atom stereocenters. The molecular weight excluding hydrogens is 332 g/mol. The van der Waals surface area contributed by atoms with Crippen LogP contribution >= 0.6 is 0 Å². The molecule has 1 saturated carbocycles. The van der Waals surface area contributed by atoms with Gasteiger partial charge in [-0.25, -0.2) is 10.6 Å². The van der Waals surface area contributed by atoms with Crippen molar-refractivity contribution in [3.05, 3.63) is 35.9 Å². The van der Waals surface area contributed by atoms with E-state index in [1.807, 2.05) is 30.3 Å². The minimum absolute atomic E-state index is 0.274. The van der Waals surface area contributed by atoms with Gasteiger partial charge in [0.05, 0.1) is 12.7 Å². The van der Waals surface area contributed by atoms with Gasteiger partial charge in [-0.05, 0) is 24.8 Å². The summed E-state index contributed by atoms with van der Waals surface area (Å²) < 4.78 is 5.66. The Hall–Kier alpha value is -1.92. The van der Waals surface area contributed by atoms with Gasteiger partial charge in [-0.1, -0.05) is 62.4 Å². The highest BCUT2D eigenvalue weighted by atomic mass is 16.5. The number of hydrogen-bond acceptors (Lipinski definition) is 4. The van der Waals surface area contributed by atoms with Crippen molar-refractivity contribution in [1.82, 2.24) is 5.01 Å². The molecule has 3 N–H and O–H groups in total. The lowest BCUT2D eigenvalue weighted by Crippen LogP contribution is -2.55. The summed E-state index contributed by atoms with van der Waals surface area (Å²) in [5.74, 6) is 4.93. The number of aliphatic carboxylic acids is 1. The summed E-state index contributed by atoms with van der Waals surface area (Å²) in [7, 11) is 0. The fraction of sp³-hybridized carbons (Fsp3) is 0.600. The van der Waals surface area contributed by atoms with Gasteiger partial charge in [0.2, 0.25) is 5.91 Å². The molecular formula is C20H30N2O4. The normalized spacial score (nSPS) is 17.5. The molecule has 2 rings (SSSR count). The molecule has 0 spiro atoms. The molecule has 0 aliphatic heterocycles. The third kappa shape index (κ3) is 6.11. The number of rotatable bonds is 9. The van der Waals surface area contributed by atoms with Crippen molar-refractivity contribution >= 4 is 11.9 Å². The zero-order valence-electron chi connectivity index (χ0n) is 15.5. The first kappa shape index (κ1) is 20.4. The van der Waals surface area contributed by atoms with Crippen molar-refractivity contribution in [2.75, 3.05) is 0 Å². The lowest BCUT2D eigenvalue weighted by atomic mass is 9.86. The van der Waals surface area contributed by atoms with Crippen molar-refractivity contribution in [2.24, 2.45) is 11.8 Å². The molecule has 0 heterocycles. The van der Waals surface area contributed by atoms with Gasteiger partial charge in [-0.15, -0.1) is 0 Å². The van der Waals surface area contributed by atoms with Crippen LogP contribution in [0.25, 0.3) is 0 Å². The van der Waals surface area contributed by atoms with Crippen molar-refractivity contribution < 1.29 is 19.4 Å². The third-order valence-electron chi connectivity index (χ3n) is 5.13. The number of amides is 1. The number of carboxylic acids is 1. The quantitative estimate of drug-likeness (QED) is 0.400. The summed E-state index contributed by atoms with van der Waals surface area (Å²) in [6, 6.07) is 8.29. The fourth-order valence-corrected chi connectivity index (χ4v) is 3.53. The van der Waals surface area contributed by atoms with Crippen LogP contribution in [0.2, 0.25) is 0 Å². The van der Waals surface area contributed by atoms with Gasteiger partial charge in [0.25, 0.3) is 0 Å². The number of hydrogen-bond donors (Lipinski definition) is 2. The van der Waals surface area contributed by atoms with Gasteiger partial charge in [-0.2, -0.15) is 0 Å². The predicted octanol–water partition coefficient (Wildman–Crippen LogP) is 3.11. The molecule has 1 fully saturated rings. The van der Waals surface area contributed by atoms with E-state index in [0.29, 0.717) is 5.92 Å². The highest BCUT2D eigenvalue weighted by molar-refractivity contribution is 5.83. The van der Waals surface area contributed by atoms with E-state index in [1.165, 1.54) is 19.3 Å². The van der Waals surface area contributed by atoms with Gasteiger partial charge in [0.1, 0.15) is 0 Å². The largest absolute Gasteiger partial charge is 0.480 e. The lowest BCUT2D eigenvalue weighted by Gasteiger charge is -2.29. The average Bonchev–Trinajstić information content (AvgIpc) is 2.66. The van der Waals surface area contributed by atoms with Crippen LogP contribution in [0.3, 0.4) is 0 Å². The SMILES string of the molecule is CC(OCc1ccccc1)[C@@H](C(=O)O)N(N)C(=O)CCC1CCCCC1. The standard InChI is InChI=1S/C20H30N2O4/c1-15(26-14-17-10-6-3-7-11-17)19(20(24)25)22(21)18(23)13-12-16-8-4-2-5-9-16/h3,6-7,10-11,15-16,19H,2,4-5,8-9,12-14,21H2,1H3,(H,24,25)/t15?,19-/m0/s1. The monoisotopic (exact) mass is 362 g/mol. The molecule has 0 saturated heterocycles. The average molecular weight is 362 g/mol. The number of benzene rings is 1. The first-order valence-corrected chi connectivity index (χ1v) is 9.44. The Balaban J connectivity index is 1.87. The van der Waals surface area contributed by atoms with Crippen LogP contribution in [-0.4, -0.2) is 34.1 Å². The second-order valence-corrected chi connectivity index (χ2v) is 7.13. The number of nitrogens with two attached hydrogens (primary N) is 1. The summed E-state index contributed by atoms with van der Waals surface area (Å²) in [4.78, 5) is 24.0. The van der Waals surface area contributed by atoms with Gasteiger partial charge in [0, 0.05) is 6.42 Å². The molecule has 26 heavy (non-hydrogen) atoms. The molecule has 1 amide bonds. The second kappa shape index (κ2) is 10.3. The van der Waals surface area contributed by atoms with Crippen LogP contribution < -0.4 is 5.84 Å². The van der Waals surface area contributed by atoms with Crippen LogP contribution in [0, 0.1) is 5.92 Å². The maximum Gasteiger partial charge on any atom is 0.330 e. The molecule has 1 aromatic rings. The maximum absolute atomic E-state index is 12.4. The van der Waals surface area contributed by atoms with E-state index < -0.39 is 18.1 Å². The number of carboxylic acid groups (broad SMARTS) is 1. The molecule has 2 atom stereocenters. The molecule has 0 radical (unpaired) electrons. The van der Waals surface area contributed by atoms with Crippen LogP contribution in [0.4, 0.5) is 0 Å². The zero-order valence-corrected chi connectivity index (χ0v) is 15.5. The fourth-order valence-electron chi connectivity index (χ4n) is 3.53. The topological polar surface area (TPSA) is 92.9 Å². The summed E-state index contributed by atoms with van der Waals surface area (Å²) in [5.41, 5.74) is 0.940. The summed E-state index contributed by atoms with van der Waals surface area (Å²) in [6.45, 7) is 1.91. The van der Waals surface area contributed by atoms with Crippen LogP contribution in [0.5, 0.6) is 0 Å². The van der Waals surface area contributed by atoms with E-state index >= 15 is 0 Å². The zero-order chi connectivity index (χ0) is 18.9. The Labute approximate surface area is 155 Å². The Kier molecular flexibility index (Phi) is 8.06. The van der Waals surface area contributed by atoms with E-state index in [4.69, 9.17) is 10.6 Å². The number of nitrogens with zero attached hydrogens (tertiary/aromatic N) is 1. The minimum Gasteiger partial charge on any atom is -0.480 e. The van der Waals surface area contributed by atoms with Crippen LogP contribution in [-0.2, 0) is 20.9 Å². The van der Waals surface area contributed by atoms with Gasteiger partial charge < -0.3 is 9.84 Å². The number of ether oxygens (including phenoxy) is 1. The van der Waals surface area contributed by atoms with Crippen molar-refractivity contribution in [3.8, 4) is 0 Å². The summed E-state index contributed by atoms with van der Waals surface area (Å²) in [6.07, 6.45) is 6.35. The molecule has 1 aromatic carbocycles. The molecule has 1 aliphatic rings. The molecule has 6 heteroatoms. The van der Waals surface area contributed by atoms with E-state index in [0.717, 1.165) is 29.8 Å². The Morgan fingerprint density at radius 3 is 2.50 bits per heavy atom. The Morgan fingerprint density at radius 1 is 1.23 bits per heavy atom.